The first kappa shape index (κ1) is 20.1. The van der Waals surface area contributed by atoms with Crippen molar-refractivity contribution in [3.8, 4) is 11.3 Å². The second-order valence-corrected chi connectivity index (χ2v) is 7.42. The topological polar surface area (TPSA) is 70.1 Å². The van der Waals surface area contributed by atoms with Gasteiger partial charge in [0, 0.05) is 23.2 Å². The molecule has 2 aromatic carbocycles. The maximum absolute atomic E-state index is 9.64. The molecule has 0 aliphatic carbocycles. The smallest absolute Gasteiger partial charge is 0.225 e. The van der Waals surface area contributed by atoms with Crippen LogP contribution in [0.2, 0.25) is 5.02 Å². The summed E-state index contributed by atoms with van der Waals surface area (Å²) in [7, 11) is 0. The molecule has 6 heteroatoms. The van der Waals surface area contributed by atoms with Gasteiger partial charge in [-0.25, -0.2) is 4.98 Å². The third kappa shape index (κ3) is 5.44. The van der Waals surface area contributed by atoms with Crippen LogP contribution in [0.5, 0.6) is 0 Å². The molecule has 0 radical (unpaired) electrons. The highest BCUT2D eigenvalue weighted by Gasteiger charge is 2.15. The number of benzene rings is 2. The molecule has 28 heavy (non-hydrogen) atoms. The highest BCUT2D eigenvalue weighted by atomic mass is 35.5. The Balaban J connectivity index is 1.87. The van der Waals surface area contributed by atoms with E-state index >= 15 is 0 Å². The van der Waals surface area contributed by atoms with Crippen LogP contribution < -0.4 is 10.6 Å². The number of halogens is 1. The van der Waals surface area contributed by atoms with E-state index in [2.05, 4.69) is 34.4 Å². The van der Waals surface area contributed by atoms with E-state index in [-0.39, 0.29) is 18.6 Å². The van der Waals surface area contributed by atoms with Gasteiger partial charge in [0.15, 0.2) is 0 Å². The Morgan fingerprint density at radius 1 is 1.00 bits per heavy atom. The van der Waals surface area contributed by atoms with E-state index in [9.17, 15) is 5.11 Å². The number of hydrogen-bond donors (Lipinski definition) is 3. The largest absolute Gasteiger partial charge is 0.394 e. The van der Waals surface area contributed by atoms with Crippen molar-refractivity contribution >= 4 is 23.4 Å². The summed E-state index contributed by atoms with van der Waals surface area (Å²) in [4.78, 5) is 9.24. The first-order chi connectivity index (χ1) is 13.5. The van der Waals surface area contributed by atoms with Gasteiger partial charge in [0.1, 0.15) is 5.82 Å². The van der Waals surface area contributed by atoms with Crippen molar-refractivity contribution in [2.75, 3.05) is 17.2 Å². The second kappa shape index (κ2) is 9.53. The van der Waals surface area contributed by atoms with Crippen LogP contribution in [-0.4, -0.2) is 27.7 Å². The number of aliphatic hydroxyl groups is 1. The van der Waals surface area contributed by atoms with Crippen LogP contribution in [0.3, 0.4) is 0 Å². The Bertz CT molecular complexity index is 885. The van der Waals surface area contributed by atoms with Gasteiger partial charge >= 0.3 is 0 Å². The van der Waals surface area contributed by atoms with Crippen LogP contribution in [0, 0.1) is 5.92 Å². The van der Waals surface area contributed by atoms with Gasteiger partial charge in [0.2, 0.25) is 5.95 Å². The van der Waals surface area contributed by atoms with Crippen molar-refractivity contribution < 1.29 is 5.11 Å². The van der Waals surface area contributed by atoms with Gasteiger partial charge in [0.05, 0.1) is 18.3 Å². The molecule has 146 valence electrons. The average Bonchev–Trinajstić information content (AvgIpc) is 2.72. The summed E-state index contributed by atoms with van der Waals surface area (Å²) in [6, 6.07) is 19.5. The maximum Gasteiger partial charge on any atom is 0.225 e. The van der Waals surface area contributed by atoms with Crippen LogP contribution in [0.4, 0.5) is 11.8 Å². The van der Waals surface area contributed by atoms with Crippen molar-refractivity contribution in [3.63, 3.8) is 0 Å². The standard InChI is InChI=1S/C22H25ClN4O/c1-15(2)20(14-28)26-22-25-19(17-6-4-3-5-7-17)12-21(27-22)24-13-16-8-10-18(23)11-9-16/h3-12,15,20,28H,13-14H2,1-2H3,(H2,24,25,26,27)/t20-/m1/s1. The minimum Gasteiger partial charge on any atom is -0.394 e. The van der Waals surface area contributed by atoms with Crippen LogP contribution in [-0.2, 0) is 6.54 Å². The second-order valence-electron chi connectivity index (χ2n) is 6.99. The molecule has 0 saturated heterocycles. The molecule has 1 heterocycles. The van der Waals surface area contributed by atoms with Gasteiger partial charge in [-0.05, 0) is 23.6 Å². The third-order valence-corrected chi connectivity index (χ3v) is 4.75. The molecule has 3 N–H and O–H groups in total. The molecule has 0 unspecified atom stereocenters. The quantitative estimate of drug-likeness (QED) is 0.508. The van der Waals surface area contributed by atoms with Crippen LogP contribution in [0.25, 0.3) is 11.3 Å². The maximum atomic E-state index is 9.64. The Labute approximate surface area is 170 Å². The molecular weight excluding hydrogens is 372 g/mol. The number of aromatic nitrogens is 2. The number of anilines is 2. The van der Waals surface area contributed by atoms with Crippen LogP contribution in [0.1, 0.15) is 19.4 Å². The molecule has 1 atom stereocenters. The van der Waals surface area contributed by atoms with Gasteiger partial charge in [-0.2, -0.15) is 4.98 Å². The highest BCUT2D eigenvalue weighted by Crippen LogP contribution is 2.22. The molecule has 5 nitrogen and oxygen atoms in total. The summed E-state index contributed by atoms with van der Waals surface area (Å²) >= 11 is 5.96. The fourth-order valence-electron chi connectivity index (χ4n) is 2.74. The van der Waals surface area contributed by atoms with Gasteiger partial charge < -0.3 is 15.7 Å². The summed E-state index contributed by atoms with van der Waals surface area (Å²) < 4.78 is 0. The zero-order valence-corrected chi connectivity index (χ0v) is 16.8. The Kier molecular flexibility index (Phi) is 6.85. The van der Waals surface area contributed by atoms with Gasteiger partial charge in [-0.3, -0.25) is 0 Å². The van der Waals surface area contributed by atoms with Crippen LogP contribution in [0.15, 0.2) is 60.7 Å². The number of hydrogen-bond acceptors (Lipinski definition) is 5. The highest BCUT2D eigenvalue weighted by molar-refractivity contribution is 6.30. The van der Waals surface area contributed by atoms with Crippen molar-refractivity contribution in [3.05, 3.63) is 71.2 Å². The zero-order valence-electron chi connectivity index (χ0n) is 16.1. The zero-order chi connectivity index (χ0) is 19.9. The summed E-state index contributed by atoms with van der Waals surface area (Å²) in [5.41, 5.74) is 2.93. The lowest BCUT2D eigenvalue weighted by Crippen LogP contribution is -2.30. The summed E-state index contributed by atoms with van der Waals surface area (Å²) in [5.74, 6) is 1.46. The van der Waals surface area contributed by atoms with E-state index < -0.39 is 0 Å². The fourth-order valence-corrected chi connectivity index (χ4v) is 2.87. The predicted molar refractivity (Wildman–Crippen MR) is 116 cm³/mol. The van der Waals surface area contributed by atoms with Gasteiger partial charge in [-0.15, -0.1) is 0 Å². The predicted octanol–water partition coefficient (Wildman–Crippen LogP) is 4.84. The van der Waals surface area contributed by atoms with Crippen LogP contribution >= 0.6 is 11.6 Å². The van der Waals surface area contributed by atoms with E-state index in [1.807, 2.05) is 60.7 Å². The molecule has 0 aliphatic heterocycles. The minimum absolute atomic E-state index is 0.0180. The normalized spacial score (nSPS) is 12.0. The van der Waals surface area contributed by atoms with Gasteiger partial charge in [-0.1, -0.05) is 67.9 Å². The lowest BCUT2D eigenvalue weighted by Gasteiger charge is -2.20. The molecule has 1 aromatic heterocycles. The summed E-state index contributed by atoms with van der Waals surface area (Å²) in [5, 5.41) is 17.0. The molecule has 0 bridgehead atoms. The van der Waals surface area contributed by atoms with Gasteiger partial charge in [0.25, 0.3) is 0 Å². The van der Waals surface area contributed by atoms with Crippen molar-refractivity contribution in [2.24, 2.45) is 5.92 Å². The summed E-state index contributed by atoms with van der Waals surface area (Å²) in [6.07, 6.45) is 0. The minimum atomic E-state index is -0.116. The molecule has 0 amide bonds. The number of aliphatic hydroxyl groups excluding tert-OH is 1. The molecule has 0 aliphatic rings. The number of rotatable bonds is 8. The molecule has 0 saturated carbocycles. The van der Waals surface area contributed by atoms with E-state index in [0.717, 1.165) is 16.8 Å². The number of nitrogens with zero attached hydrogens (tertiary/aromatic N) is 2. The monoisotopic (exact) mass is 396 g/mol. The van der Waals surface area contributed by atoms with E-state index in [0.29, 0.717) is 23.3 Å². The van der Waals surface area contributed by atoms with E-state index in [4.69, 9.17) is 11.6 Å². The van der Waals surface area contributed by atoms with Crippen molar-refractivity contribution in [1.29, 1.82) is 0 Å². The Hall–Kier alpha value is -2.63. The Morgan fingerprint density at radius 2 is 1.71 bits per heavy atom. The molecule has 0 spiro atoms. The van der Waals surface area contributed by atoms with E-state index in [1.54, 1.807) is 0 Å². The molecule has 3 aromatic rings. The number of nitrogens with one attached hydrogen (secondary N) is 2. The summed E-state index contributed by atoms with van der Waals surface area (Å²) in [6.45, 7) is 4.74. The SMILES string of the molecule is CC(C)[C@@H](CO)Nc1nc(NCc2ccc(Cl)cc2)cc(-c2ccccc2)n1. The fraction of sp³-hybridized carbons (Fsp3) is 0.273. The molecule has 3 rings (SSSR count). The first-order valence-corrected chi connectivity index (χ1v) is 9.73. The Morgan fingerprint density at radius 3 is 2.36 bits per heavy atom. The van der Waals surface area contributed by atoms with Crippen molar-refractivity contribution in [1.82, 2.24) is 9.97 Å². The van der Waals surface area contributed by atoms with E-state index in [1.165, 1.54) is 0 Å². The molecule has 0 fully saturated rings. The average molecular weight is 397 g/mol. The molecular formula is C22H25ClN4O. The lowest BCUT2D eigenvalue weighted by molar-refractivity contribution is 0.248. The third-order valence-electron chi connectivity index (χ3n) is 4.50. The first-order valence-electron chi connectivity index (χ1n) is 9.35. The van der Waals surface area contributed by atoms with Crippen molar-refractivity contribution in [2.45, 2.75) is 26.4 Å². The lowest BCUT2D eigenvalue weighted by atomic mass is 10.1.